The largest absolute Gasteiger partial charge is 0.481 e. The van der Waals surface area contributed by atoms with Gasteiger partial charge in [0, 0.05) is 19.2 Å². The summed E-state index contributed by atoms with van der Waals surface area (Å²) in [7, 11) is 0. The third-order valence-corrected chi connectivity index (χ3v) is 2.67. The number of hydrogen-bond acceptors (Lipinski definition) is 3. The molecular formula is C13H15F3N2O3. The number of pyridine rings is 1. The number of aromatic nitrogens is 1. The normalized spacial score (nSPS) is 11.2. The van der Waals surface area contributed by atoms with Gasteiger partial charge in [0.25, 0.3) is 5.91 Å². The number of hydrogen-bond donors (Lipinski definition) is 2. The van der Waals surface area contributed by atoms with Crippen LogP contribution >= 0.6 is 0 Å². The van der Waals surface area contributed by atoms with Crippen molar-refractivity contribution in [3.05, 3.63) is 29.6 Å². The number of carbonyl (C=O) groups excluding carboxylic acids is 1. The summed E-state index contributed by atoms with van der Waals surface area (Å²) in [6, 6.07) is 2.33. The van der Waals surface area contributed by atoms with E-state index in [1.807, 2.05) is 0 Å². The van der Waals surface area contributed by atoms with Crippen molar-refractivity contribution in [2.24, 2.45) is 0 Å². The molecule has 1 rings (SSSR count). The summed E-state index contributed by atoms with van der Waals surface area (Å²) in [6.45, 7) is 0.185. The number of carbonyl (C=O) groups is 2. The molecule has 0 aliphatic carbocycles. The van der Waals surface area contributed by atoms with E-state index in [4.69, 9.17) is 5.11 Å². The average Bonchev–Trinajstić information content (AvgIpc) is 2.41. The summed E-state index contributed by atoms with van der Waals surface area (Å²) >= 11 is 0. The van der Waals surface area contributed by atoms with Crippen LogP contribution in [0.2, 0.25) is 0 Å². The topological polar surface area (TPSA) is 79.3 Å². The van der Waals surface area contributed by atoms with Gasteiger partial charge in [-0.2, -0.15) is 13.2 Å². The molecule has 0 atom stereocenters. The maximum absolute atomic E-state index is 12.7. The fraction of sp³-hybridized carbons (Fsp3) is 0.462. The highest BCUT2D eigenvalue weighted by molar-refractivity contribution is 5.95. The third-order valence-electron chi connectivity index (χ3n) is 2.67. The van der Waals surface area contributed by atoms with Crippen molar-refractivity contribution in [2.45, 2.75) is 31.9 Å². The van der Waals surface area contributed by atoms with E-state index < -0.39 is 29.3 Å². The van der Waals surface area contributed by atoms with Gasteiger partial charge in [0.15, 0.2) is 5.69 Å². The van der Waals surface area contributed by atoms with E-state index in [1.54, 1.807) is 0 Å². The van der Waals surface area contributed by atoms with Crippen LogP contribution in [0.15, 0.2) is 18.3 Å². The first-order valence-corrected chi connectivity index (χ1v) is 6.34. The molecule has 0 aliphatic heterocycles. The second-order valence-corrected chi connectivity index (χ2v) is 4.36. The van der Waals surface area contributed by atoms with Gasteiger partial charge in [-0.15, -0.1) is 0 Å². The Morgan fingerprint density at radius 1 is 1.24 bits per heavy atom. The van der Waals surface area contributed by atoms with E-state index in [0.29, 0.717) is 19.3 Å². The molecule has 1 heterocycles. The second kappa shape index (κ2) is 7.61. The van der Waals surface area contributed by atoms with Gasteiger partial charge in [0.05, 0.1) is 5.56 Å². The SMILES string of the molecule is O=C(O)CCCCCNC(=O)c1cccnc1C(F)(F)F. The van der Waals surface area contributed by atoms with Gasteiger partial charge >= 0.3 is 12.1 Å². The van der Waals surface area contributed by atoms with Crippen molar-refractivity contribution in [1.82, 2.24) is 10.3 Å². The molecule has 1 amide bonds. The highest BCUT2D eigenvalue weighted by atomic mass is 19.4. The summed E-state index contributed by atoms with van der Waals surface area (Å²) in [5, 5.41) is 10.8. The van der Waals surface area contributed by atoms with E-state index in [-0.39, 0.29) is 13.0 Å². The Morgan fingerprint density at radius 3 is 2.57 bits per heavy atom. The number of carboxylic acid groups (broad SMARTS) is 1. The zero-order valence-electron chi connectivity index (χ0n) is 11.1. The second-order valence-electron chi connectivity index (χ2n) is 4.36. The summed E-state index contributed by atoms with van der Waals surface area (Å²) in [5.41, 5.74) is -1.73. The summed E-state index contributed by atoms with van der Waals surface area (Å²) in [4.78, 5) is 25.2. The number of unbranched alkanes of at least 4 members (excludes halogenated alkanes) is 2. The zero-order chi connectivity index (χ0) is 15.9. The number of nitrogens with zero attached hydrogens (tertiary/aromatic N) is 1. The van der Waals surface area contributed by atoms with Crippen molar-refractivity contribution in [3.63, 3.8) is 0 Å². The zero-order valence-corrected chi connectivity index (χ0v) is 11.1. The van der Waals surface area contributed by atoms with Gasteiger partial charge in [-0.05, 0) is 25.0 Å². The minimum absolute atomic E-state index is 0.0365. The molecule has 0 bridgehead atoms. The predicted molar refractivity (Wildman–Crippen MR) is 67.7 cm³/mol. The van der Waals surface area contributed by atoms with E-state index in [9.17, 15) is 22.8 Å². The number of carboxylic acids is 1. The molecule has 21 heavy (non-hydrogen) atoms. The van der Waals surface area contributed by atoms with Crippen LogP contribution in [0.1, 0.15) is 41.7 Å². The van der Waals surface area contributed by atoms with Gasteiger partial charge in [0.2, 0.25) is 0 Å². The molecule has 5 nitrogen and oxygen atoms in total. The van der Waals surface area contributed by atoms with Gasteiger partial charge < -0.3 is 10.4 Å². The Kier molecular flexibility index (Phi) is 6.13. The van der Waals surface area contributed by atoms with Gasteiger partial charge in [-0.3, -0.25) is 14.6 Å². The number of halogens is 3. The summed E-state index contributed by atoms with van der Waals surface area (Å²) in [5.74, 6) is -1.74. The average molecular weight is 304 g/mol. The van der Waals surface area contributed by atoms with Crippen LogP contribution in [-0.2, 0) is 11.0 Å². The lowest BCUT2D eigenvalue weighted by Crippen LogP contribution is -2.27. The number of alkyl halides is 3. The van der Waals surface area contributed by atoms with E-state index in [0.717, 1.165) is 12.3 Å². The fourth-order valence-corrected chi connectivity index (χ4v) is 1.69. The van der Waals surface area contributed by atoms with E-state index in [1.165, 1.54) is 6.07 Å². The van der Waals surface area contributed by atoms with Crippen LogP contribution in [0.4, 0.5) is 13.2 Å². The van der Waals surface area contributed by atoms with Crippen LogP contribution < -0.4 is 5.32 Å². The molecule has 0 aromatic carbocycles. The quantitative estimate of drug-likeness (QED) is 0.758. The lowest BCUT2D eigenvalue weighted by atomic mass is 10.1. The number of amides is 1. The smallest absolute Gasteiger partial charge is 0.434 e. The maximum Gasteiger partial charge on any atom is 0.434 e. The van der Waals surface area contributed by atoms with Crippen LogP contribution in [0, 0.1) is 0 Å². The molecule has 0 unspecified atom stereocenters. The van der Waals surface area contributed by atoms with Crippen LogP contribution in [0.25, 0.3) is 0 Å². The molecule has 116 valence electrons. The molecule has 1 aromatic rings. The molecule has 0 radical (unpaired) electrons. The Hall–Kier alpha value is -2.12. The van der Waals surface area contributed by atoms with Gasteiger partial charge in [-0.1, -0.05) is 6.42 Å². The predicted octanol–water partition coefficient (Wildman–Crippen LogP) is 2.48. The highest BCUT2D eigenvalue weighted by Gasteiger charge is 2.36. The van der Waals surface area contributed by atoms with Crippen molar-refractivity contribution >= 4 is 11.9 Å². The molecule has 0 saturated carbocycles. The van der Waals surface area contributed by atoms with Gasteiger partial charge in [-0.25, -0.2) is 0 Å². The van der Waals surface area contributed by atoms with E-state index in [2.05, 4.69) is 10.3 Å². The van der Waals surface area contributed by atoms with Crippen molar-refractivity contribution < 1.29 is 27.9 Å². The fourth-order valence-electron chi connectivity index (χ4n) is 1.69. The first-order chi connectivity index (χ1) is 9.82. The minimum atomic E-state index is -4.69. The molecule has 8 heteroatoms. The Bertz CT molecular complexity index is 504. The highest BCUT2D eigenvalue weighted by Crippen LogP contribution is 2.29. The van der Waals surface area contributed by atoms with E-state index >= 15 is 0 Å². The monoisotopic (exact) mass is 304 g/mol. The first-order valence-electron chi connectivity index (χ1n) is 6.34. The van der Waals surface area contributed by atoms with Crippen molar-refractivity contribution in [3.8, 4) is 0 Å². The Morgan fingerprint density at radius 2 is 1.95 bits per heavy atom. The van der Waals surface area contributed by atoms with Gasteiger partial charge in [0.1, 0.15) is 0 Å². The number of aliphatic carboxylic acids is 1. The van der Waals surface area contributed by atoms with Crippen LogP contribution in [-0.4, -0.2) is 28.5 Å². The summed E-state index contributed by atoms with van der Waals surface area (Å²) in [6.07, 6.45) is -2.13. The molecule has 0 spiro atoms. The Labute approximate surface area is 119 Å². The molecular weight excluding hydrogens is 289 g/mol. The number of rotatable bonds is 7. The summed E-state index contributed by atoms with van der Waals surface area (Å²) < 4.78 is 38.0. The molecule has 1 aromatic heterocycles. The third kappa shape index (κ3) is 5.80. The lowest BCUT2D eigenvalue weighted by Gasteiger charge is -2.11. The Balaban J connectivity index is 2.48. The maximum atomic E-state index is 12.7. The van der Waals surface area contributed by atoms with Crippen molar-refractivity contribution in [1.29, 1.82) is 0 Å². The first kappa shape index (κ1) is 16.9. The standard InChI is InChI=1S/C13H15F3N2O3/c14-13(15,16)11-9(5-4-8-17-11)12(21)18-7-3-1-2-6-10(19)20/h4-5,8H,1-3,6-7H2,(H,18,21)(H,19,20). The van der Waals surface area contributed by atoms with Crippen LogP contribution in [0.5, 0.6) is 0 Å². The van der Waals surface area contributed by atoms with Crippen molar-refractivity contribution in [2.75, 3.05) is 6.54 Å². The van der Waals surface area contributed by atoms with Crippen LogP contribution in [0.3, 0.4) is 0 Å². The molecule has 0 aliphatic rings. The molecule has 2 N–H and O–H groups in total. The molecule has 0 fully saturated rings. The lowest BCUT2D eigenvalue weighted by molar-refractivity contribution is -0.141. The number of nitrogens with one attached hydrogen (secondary N) is 1. The minimum Gasteiger partial charge on any atom is -0.481 e. The molecule has 0 saturated heterocycles.